The van der Waals surface area contributed by atoms with E-state index in [1.807, 2.05) is 0 Å². The molecule has 0 aliphatic carbocycles. The molecular weight excluding hydrogens is 575 g/mol. The largest absolute Gasteiger partial charge is 0.150 e. The van der Waals surface area contributed by atoms with Gasteiger partial charge in [0.15, 0.2) is 0 Å². The Bertz CT molecular complexity index is 1560. The predicted octanol–water partition coefficient (Wildman–Crippen LogP) is 10.2. The van der Waals surface area contributed by atoms with Crippen LogP contribution in [-0.2, 0) is 23.3 Å². The first kappa shape index (κ1) is 30.3. The minimum atomic E-state index is 0. The Hall–Kier alpha value is -1.96. The first-order chi connectivity index (χ1) is 16.4. The summed E-state index contributed by atoms with van der Waals surface area (Å²) in [4.78, 5) is 0. The molecule has 0 aromatic heterocycles. The SMILES string of the molecule is C[Si](C)=[Zr+2].Cc1ccc2c(c1)[cH-]c1cccc(C)c12.Cl.Cl.c1ccc(-c2c[cH-]c3ccccc23)cc1. The second-order valence-corrected chi connectivity index (χ2v) is 18.3. The van der Waals surface area contributed by atoms with E-state index in [4.69, 9.17) is 0 Å². The number of benzene rings is 4. The monoisotopic (exact) mass is 604 g/mol. The Morgan fingerprint density at radius 3 is 2.03 bits per heavy atom. The van der Waals surface area contributed by atoms with Crippen molar-refractivity contribution in [2.75, 3.05) is 0 Å². The molecule has 0 saturated heterocycles. The third-order valence-electron chi connectivity index (χ3n) is 5.86. The Kier molecular flexibility index (Phi) is 11.9. The van der Waals surface area contributed by atoms with Crippen LogP contribution in [0.2, 0.25) is 13.1 Å². The number of halogens is 2. The van der Waals surface area contributed by atoms with Crippen LogP contribution in [0, 0.1) is 13.8 Å². The molecular formula is C32H32Cl2SiZr. The third kappa shape index (κ3) is 7.30. The number of rotatable bonds is 1. The van der Waals surface area contributed by atoms with Crippen molar-refractivity contribution in [3.8, 4) is 11.1 Å². The van der Waals surface area contributed by atoms with Crippen molar-refractivity contribution in [1.29, 1.82) is 0 Å². The molecule has 0 spiro atoms. The van der Waals surface area contributed by atoms with Crippen LogP contribution in [0.3, 0.4) is 0 Å². The van der Waals surface area contributed by atoms with Crippen LogP contribution in [0.15, 0.2) is 109 Å². The van der Waals surface area contributed by atoms with E-state index >= 15 is 0 Å². The molecule has 6 rings (SSSR count). The molecule has 4 heteroatoms. The third-order valence-corrected chi connectivity index (χ3v) is 5.86. The Morgan fingerprint density at radius 1 is 0.667 bits per heavy atom. The minimum absolute atomic E-state index is 0. The zero-order valence-corrected chi connectivity index (χ0v) is 26.3. The van der Waals surface area contributed by atoms with Gasteiger partial charge in [-0.3, -0.25) is 0 Å². The van der Waals surface area contributed by atoms with Crippen LogP contribution in [-0.4, -0.2) is 5.43 Å². The average Bonchev–Trinajstić information content (AvgIpc) is 3.41. The molecule has 6 aromatic rings. The molecule has 0 aliphatic rings. The van der Waals surface area contributed by atoms with Gasteiger partial charge in [-0.05, 0) is 13.8 Å². The predicted molar refractivity (Wildman–Crippen MR) is 163 cm³/mol. The van der Waals surface area contributed by atoms with E-state index in [9.17, 15) is 0 Å². The number of hydrogen-bond donors (Lipinski definition) is 0. The molecule has 182 valence electrons. The first-order valence-electron chi connectivity index (χ1n) is 11.7. The molecule has 0 unspecified atom stereocenters. The topological polar surface area (TPSA) is 0 Å². The summed E-state index contributed by atoms with van der Waals surface area (Å²) in [5.41, 5.74) is 5.52. The van der Waals surface area contributed by atoms with Crippen molar-refractivity contribution in [1.82, 2.24) is 0 Å². The van der Waals surface area contributed by atoms with Crippen LogP contribution < -0.4 is 0 Å². The number of fused-ring (bicyclic) bond motifs is 4. The van der Waals surface area contributed by atoms with Crippen molar-refractivity contribution in [3.63, 3.8) is 0 Å². The van der Waals surface area contributed by atoms with Gasteiger partial charge >= 0.3 is 41.9 Å². The molecule has 0 heterocycles. The summed E-state index contributed by atoms with van der Waals surface area (Å²) < 4.78 is 0. The number of aryl methyl sites for hydroxylation is 2. The van der Waals surface area contributed by atoms with Crippen molar-refractivity contribution < 1.29 is 23.3 Å². The van der Waals surface area contributed by atoms with Gasteiger partial charge in [0, 0.05) is 0 Å². The maximum atomic E-state index is 2.31. The summed E-state index contributed by atoms with van der Waals surface area (Å²) in [5.74, 6) is 0. The van der Waals surface area contributed by atoms with Crippen LogP contribution in [0.4, 0.5) is 0 Å². The molecule has 6 aromatic carbocycles. The van der Waals surface area contributed by atoms with Gasteiger partial charge in [-0.2, -0.15) is 0 Å². The van der Waals surface area contributed by atoms with Gasteiger partial charge in [0.05, 0.1) is 0 Å². The van der Waals surface area contributed by atoms with Gasteiger partial charge < -0.3 is 0 Å². The number of hydrogen-bond acceptors (Lipinski definition) is 0. The fourth-order valence-electron chi connectivity index (χ4n) is 4.40. The molecule has 0 bridgehead atoms. The van der Waals surface area contributed by atoms with Crippen LogP contribution >= 0.6 is 24.8 Å². The average molecular weight is 607 g/mol. The van der Waals surface area contributed by atoms with E-state index in [0.29, 0.717) is 0 Å². The van der Waals surface area contributed by atoms with Gasteiger partial charge in [-0.15, -0.1) is 111 Å². The quantitative estimate of drug-likeness (QED) is 0.129. The molecule has 0 atom stereocenters. The van der Waals surface area contributed by atoms with Crippen LogP contribution in [0.1, 0.15) is 11.1 Å². The van der Waals surface area contributed by atoms with Gasteiger partial charge in [0.1, 0.15) is 0 Å². The Labute approximate surface area is 242 Å². The standard InChI is InChI=1S/C15H13.C15H11.C2H6Si.2ClH.Zr/c1-10-6-7-14-13(8-10)9-12-5-3-4-11(2)15(12)14;1-2-6-12(7-3-1)15-11-10-13-8-4-5-9-14(13)15;1-3-2;;;/h3-9H,1-2H3;1-11H;1-2H3;2*1H;/q2*-1;;;;+2. The van der Waals surface area contributed by atoms with E-state index in [1.54, 1.807) is 23.3 Å². The zero-order valence-electron chi connectivity index (χ0n) is 21.2. The van der Waals surface area contributed by atoms with Gasteiger partial charge in [-0.1, -0.05) is 77.4 Å². The summed E-state index contributed by atoms with van der Waals surface area (Å²) in [7, 11) is 0. The molecule has 0 fully saturated rings. The Morgan fingerprint density at radius 2 is 1.31 bits per heavy atom. The van der Waals surface area contributed by atoms with E-state index in [-0.39, 0.29) is 30.2 Å². The summed E-state index contributed by atoms with van der Waals surface area (Å²) in [6, 6.07) is 38.9. The molecule has 0 aliphatic heterocycles. The molecule has 0 nitrogen and oxygen atoms in total. The summed E-state index contributed by atoms with van der Waals surface area (Å²) in [5, 5.41) is 8.16. The van der Waals surface area contributed by atoms with Crippen LogP contribution in [0.25, 0.3) is 43.4 Å². The maximum Gasteiger partial charge on any atom is -0.0469 e. The van der Waals surface area contributed by atoms with Crippen molar-refractivity contribution in [2.24, 2.45) is 0 Å². The van der Waals surface area contributed by atoms with E-state index in [0.717, 1.165) is 0 Å². The fraction of sp³-hybridized carbons (Fsp3) is 0.125. The van der Waals surface area contributed by atoms with Gasteiger partial charge in [-0.25, -0.2) is 0 Å². The van der Waals surface area contributed by atoms with Crippen molar-refractivity contribution in [2.45, 2.75) is 26.9 Å². The zero-order chi connectivity index (χ0) is 24.1. The maximum absolute atomic E-state index is 2.31. The first-order valence-corrected chi connectivity index (χ1v) is 17.9. The minimum Gasteiger partial charge on any atom is -0.150 e. The van der Waals surface area contributed by atoms with Crippen LogP contribution in [0.5, 0.6) is 0 Å². The summed E-state index contributed by atoms with van der Waals surface area (Å²) >= 11 is 1.74. The van der Waals surface area contributed by atoms with E-state index in [2.05, 4.69) is 136 Å². The fourth-order valence-corrected chi connectivity index (χ4v) is 4.40. The molecule has 0 saturated carbocycles. The molecule has 0 radical (unpaired) electrons. The van der Waals surface area contributed by atoms with Crippen molar-refractivity contribution in [3.05, 3.63) is 120 Å². The molecule has 0 N–H and O–H groups in total. The Balaban J connectivity index is 0.000000211. The van der Waals surface area contributed by atoms with Gasteiger partial charge in [0.25, 0.3) is 0 Å². The second-order valence-electron chi connectivity index (χ2n) is 8.97. The van der Waals surface area contributed by atoms with Gasteiger partial charge in [0.2, 0.25) is 0 Å². The normalized spacial score (nSPS) is 9.94. The summed E-state index contributed by atoms with van der Waals surface area (Å²) in [6.45, 7) is 8.94. The molecule has 0 amide bonds. The van der Waals surface area contributed by atoms with E-state index in [1.165, 1.54) is 54.6 Å². The second kappa shape index (κ2) is 14.1. The molecule has 36 heavy (non-hydrogen) atoms. The van der Waals surface area contributed by atoms with Crippen molar-refractivity contribution >= 4 is 62.6 Å². The van der Waals surface area contributed by atoms with E-state index < -0.39 is 0 Å². The smallest absolute Gasteiger partial charge is 0.0469 e. The summed E-state index contributed by atoms with van der Waals surface area (Å²) in [6.07, 6.45) is 0.